The molecule has 1 fully saturated rings. The summed E-state index contributed by atoms with van der Waals surface area (Å²) in [6, 6.07) is 0. The normalized spacial score (nSPS) is 35.1. The molecule has 2 unspecified atom stereocenters. The average molecular weight is 166 g/mol. The molecule has 0 radical (unpaired) electrons. The zero-order chi connectivity index (χ0) is 8.55. The molecule has 0 aromatic carbocycles. The molecule has 0 aromatic rings. The standard InChI is InChI=1S/C9H14N2O/c1-11-6-7-4-2-3-5-8(7)9(12)10-11/h6-8H,2-5H2,1H3. The van der Waals surface area contributed by atoms with Crippen molar-refractivity contribution in [3.63, 3.8) is 0 Å². The van der Waals surface area contributed by atoms with E-state index in [1.165, 1.54) is 12.8 Å². The van der Waals surface area contributed by atoms with Crippen molar-refractivity contribution >= 4 is 12.1 Å². The predicted molar refractivity (Wildman–Crippen MR) is 45.1 cm³/mol. The number of hydrogen-bond donors (Lipinski definition) is 0. The fourth-order valence-corrected chi connectivity index (χ4v) is 2.18. The van der Waals surface area contributed by atoms with Gasteiger partial charge in [-0.05, 0) is 17.9 Å². The Balaban J connectivity index is 2.21. The monoisotopic (exact) mass is 166 g/mol. The van der Waals surface area contributed by atoms with Crippen molar-refractivity contribution in [1.82, 2.24) is 0 Å². The molecule has 1 heterocycles. The quantitative estimate of drug-likeness (QED) is 0.473. The first kappa shape index (κ1) is 7.77. The van der Waals surface area contributed by atoms with Crippen LogP contribution in [0.3, 0.4) is 0 Å². The summed E-state index contributed by atoms with van der Waals surface area (Å²) in [6.45, 7) is 0. The number of hydrogen-bond acceptors (Lipinski definition) is 2. The summed E-state index contributed by atoms with van der Waals surface area (Å²) in [5.41, 5.74) is 0. The molecule has 0 N–H and O–H groups in total. The largest absolute Gasteiger partial charge is 0.857 e. The van der Waals surface area contributed by atoms with Crippen LogP contribution < -0.4 is 5.11 Å². The molecule has 0 aromatic heterocycles. The Morgan fingerprint density at radius 2 is 2.25 bits per heavy atom. The zero-order valence-electron chi connectivity index (χ0n) is 7.36. The summed E-state index contributed by atoms with van der Waals surface area (Å²) < 4.78 is 1.68. The third-order valence-corrected chi connectivity index (χ3v) is 2.80. The van der Waals surface area contributed by atoms with Gasteiger partial charge in [-0.1, -0.05) is 17.5 Å². The van der Waals surface area contributed by atoms with Gasteiger partial charge in [-0.2, -0.15) is 0 Å². The lowest BCUT2D eigenvalue weighted by Gasteiger charge is -2.31. The molecule has 1 aliphatic heterocycles. The molecule has 1 aliphatic carbocycles. The first-order chi connectivity index (χ1) is 5.77. The van der Waals surface area contributed by atoms with Crippen LogP contribution in [0.1, 0.15) is 25.7 Å². The SMILES string of the molecule is C[N+]1=CC2CCCCC2C([O-])=N1. The highest BCUT2D eigenvalue weighted by Gasteiger charge is 2.30. The summed E-state index contributed by atoms with van der Waals surface area (Å²) in [5.74, 6) is 0.758. The summed E-state index contributed by atoms with van der Waals surface area (Å²) in [4.78, 5) is 0. The highest BCUT2D eigenvalue weighted by atomic mass is 16.3. The third-order valence-electron chi connectivity index (χ3n) is 2.80. The number of hydrazone groups is 1. The molecule has 2 aliphatic rings. The second-order valence-electron chi connectivity index (χ2n) is 3.72. The second-order valence-corrected chi connectivity index (χ2v) is 3.72. The van der Waals surface area contributed by atoms with Gasteiger partial charge in [0.1, 0.15) is 0 Å². The van der Waals surface area contributed by atoms with Crippen LogP contribution in [-0.4, -0.2) is 23.8 Å². The van der Waals surface area contributed by atoms with Crippen molar-refractivity contribution in [3.05, 3.63) is 0 Å². The molecule has 12 heavy (non-hydrogen) atoms. The Labute approximate surface area is 72.4 Å². The molecule has 2 atom stereocenters. The van der Waals surface area contributed by atoms with Crippen LogP contribution in [0.15, 0.2) is 5.10 Å². The zero-order valence-corrected chi connectivity index (χ0v) is 7.36. The van der Waals surface area contributed by atoms with E-state index in [4.69, 9.17) is 0 Å². The highest BCUT2D eigenvalue weighted by molar-refractivity contribution is 5.79. The van der Waals surface area contributed by atoms with E-state index in [1.54, 1.807) is 4.68 Å². The molecular formula is C9H14N2O. The van der Waals surface area contributed by atoms with Crippen LogP contribution in [0.2, 0.25) is 0 Å². The van der Waals surface area contributed by atoms with Gasteiger partial charge in [0, 0.05) is 17.7 Å². The molecule has 0 bridgehead atoms. The van der Waals surface area contributed by atoms with Gasteiger partial charge in [0.05, 0.1) is 0 Å². The van der Waals surface area contributed by atoms with Gasteiger partial charge in [-0.15, -0.1) is 0 Å². The molecule has 0 saturated heterocycles. The Kier molecular flexibility index (Phi) is 1.87. The predicted octanol–water partition coefficient (Wildman–Crippen LogP) is 0.193. The maximum atomic E-state index is 11.4. The van der Waals surface area contributed by atoms with E-state index in [9.17, 15) is 5.11 Å². The topological polar surface area (TPSA) is 38.4 Å². The van der Waals surface area contributed by atoms with E-state index >= 15 is 0 Å². The van der Waals surface area contributed by atoms with Crippen molar-refractivity contribution in [3.8, 4) is 0 Å². The summed E-state index contributed by atoms with van der Waals surface area (Å²) >= 11 is 0. The minimum atomic E-state index is 0.0877. The van der Waals surface area contributed by atoms with Crippen LogP contribution in [0, 0.1) is 11.8 Å². The third kappa shape index (κ3) is 1.24. The van der Waals surface area contributed by atoms with Crippen LogP contribution in [0.25, 0.3) is 0 Å². The number of rotatable bonds is 0. The van der Waals surface area contributed by atoms with E-state index in [1.807, 2.05) is 7.05 Å². The maximum absolute atomic E-state index is 11.4. The van der Waals surface area contributed by atoms with E-state index < -0.39 is 0 Å². The van der Waals surface area contributed by atoms with Gasteiger partial charge in [-0.25, -0.2) is 0 Å². The Morgan fingerprint density at radius 3 is 3.08 bits per heavy atom. The van der Waals surface area contributed by atoms with Crippen molar-refractivity contribution in [2.45, 2.75) is 25.7 Å². The first-order valence-corrected chi connectivity index (χ1v) is 4.60. The van der Waals surface area contributed by atoms with Crippen molar-refractivity contribution in [2.75, 3.05) is 7.05 Å². The van der Waals surface area contributed by atoms with Crippen LogP contribution in [-0.2, 0) is 0 Å². The van der Waals surface area contributed by atoms with Gasteiger partial charge in [0.15, 0.2) is 13.3 Å². The Hall–Kier alpha value is -0.860. The minimum absolute atomic E-state index is 0.0877. The van der Waals surface area contributed by atoms with Gasteiger partial charge in [0.2, 0.25) is 0 Å². The van der Waals surface area contributed by atoms with Gasteiger partial charge in [0.25, 0.3) is 0 Å². The van der Waals surface area contributed by atoms with E-state index in [-0.39, 0.29) is 11.8 Å². The second kappa shape index (κ2) is 2.88. The van der Waals surface area contributed by atoms with Crippen LogP contribution in [0.5, 0.6) is 0 Å². The summed E-state index contributed by atoms with van der Waals surface area (Å²) in [5, 5.41) is 15.3. The van der Waals surface area contributed by atoms with E-state index in [0.29, 0.717) is 5.92 Å². The first-order valence-electron chi connectivity index (χ1n) is 4.60. The van der Waals surface area contributed by atoms with Crippen molar-refractivity contribution in [2.24, 2.45) is 16.9 Å². The maximum Gasteiger partial charge on any atom is 0.176 e. The van der Waals surface area contributed by atoms with Crippen LogP contribution in [0.4, 0.5) is 0 Å². The van der Waals surface area contributed by atoms with E-state index in [2.05, 4.69) is 11.3 Å². The van der Waals surface area contributed by atoms with Gasteiger partial charge in [-0.3, -0.25) is 0 Å². The molecule has 1 saturated carbocycles. The van der Waals surface area contributed by atoms with E-state index in [0.717, 1.165) is 12.8 Å². The lowest BCUT2D eigenvalue weighted by molar-refractivity contribution is -0.509. The lowest BCUT2D eigenvalue weighted by Crippen LogP contribution is -2.40. The number of fused-ring (bicyclic) bond motifs is 1. The lowest BCUT2D eigenvalue weighted by atomic mass is 9.79. The van der Waals surface area contributed by atoms with Gasteiger partial charge < -0.3 is 5.11 Å². The van der Waals surface area contributed by atoms with Crippen molar-refractivity contribution in [1.29, 1.82) is 0 Å². The van der Waals surface area contributed by atoms with Crippen LogP contribution >= 0.6 is 0 Å². The molecular weight excluding hydrogens is 152 g/mol. The molecule has 3 heteroatoms. The molecule has 0 spiro atoms. The molecule has 3 nitrogen and oxygen atoms in total. The molecule has 66 valence electrons. The van der Waals surface area contributed by atoms with Crippen molar-refractivity contribution < 1.29 is 9.79 Å². The summed E-state index contributed by atoms with van der Waals surface area (Å²) in [6.07, 6.45) is 6.75. The smallest absolute Gasteiger partial charge is 0.176 e. The Bertz CT molecular complexity index is 245. The van der Waals surface area contributed by atoms with Gasteiger partial charge >= 0.3 is 0 Å². The highest BCUT2D eigenvalue weighted by Crippen LogP contribution is 2.30. The molecule has 0 amide bonds. The summed E-state index contributed by atoms with van der Waals surface area (Å²) in [7, 11) is 1.84. The molecule has 2 rings (SSSR count). The fraction of sp³-hybridized carbons (Fsp3) is 0.778. The minimum Gasteiger partial charge on any atom is -0.857 e. The fourth-order valence-electron chi connectivity index (χ4n) is 2.18. The number of nitrogens with zero attached hydrogens (tertiary/aromatic N) is 2. The Morgan fingerprint density at radius 1 is 1.50 bits per heavy atom. The average Bonchev–Trinajstić information content (AvgIpc) is 2.04.